The fourth-order valence-electron chi connectivity index (χ4n) is 8.26. The Bertz CT molecular complexity index is 2470. The van der Waals surface area contributed by atoms with Gasteiger partial charge >= 0.3 is 19.8 Å². The number of halogens is 1. The monoisotopic (exact) mass is 1100 g/mol. The number of unbranched alkanes of at least 4 members (excludes halogenated alkanes) is 5. The third-order valence-electron chi connectivity index (χ3n) is 12.8. The molecule has 5 atom stereocenters. The number of terminal acetylenes is 1. The van der Waals surface area contributed by atoms with Gasteiger partial charge < -0.3 is 40.4 Å². The summed E-state index contributed by atoms with van der Waals surface area (Å²) in [4.78, 5) is 88.3. The number of benzene rings is 1. The second-order valence-electron chi connectivity index (χ2n) is 23.1. The molecule has 2 saturated carbocycles. The minimum absolute atomic E-state index is 0.0154. The lowest BCUT2D eigenvalue weighted by atomic mass is 9.85. The molecule has 5 amide bonds. The smallest absolute Gasteiger partial charge is 0.407 e. The van der Waals surface area contributed by atoms with Crippen LogP contribution in [0.5, 0.6) is 5.75 Å². The van der Waals surface area contributed by atoms with E-state index in [4.69, 9.17) is 29.7 Å². The molecule has 0 spiro atoms. The fourth-order valence-corrected chi connectivity index (χ4v) is 11.0. The Morgan fingerprint density at radius 2 is 1.57 bits per heavy atom. The average Bonchev–Trinajstić information content (AvgIpc) is 4.18. The van der Waals surface area contributed by atoms with Gasteiger partial charge in [0.2, 0.25) is 17.7 Å². The molecule has 2 heterocycles. The van der Waals surface area contributed by atoms with Gasteiger partial charge in [-0.1, -0.05) is 32.9 Å². The van der Waals surface area contributed by atoms with Crippen LogP contribution in [-0.2, 0) is 53.6 Å². The van der Waals surface area contributed by atoms with Crippen molar-refractivity contribution in [3.8, 4) is 28.5 Å². The van der Waals surface area contributed by atoms with Crippen molar-refractivity contribution in [3.05, 3.63) is 35.0 Å². The van der Waals surface area contributed by atoms with E-state index in [2.05, 4.69) is 37.3 Å². The van der Waals surface area contributed by atoms with Crippen molar-refractivity contribution in [3.63, 3.8) is 0 Å². The summed E-state index contributed by atoms with van der Waals surface area (Å²) in [7, 11) is -4.54. The number of amides is 5. The van der Waals surface area contributed by atoms with Gasteiger partial charge in [-0.2, -0.15) is 0 Å². The van der Waals surface area contributed by atoms with Crippen LogP contribution in [0.2, 0.25) is 0 Å². The van der Waals surface area contributed by atoms with Gasteiger partial charge in [0.1, 0.15) is 40.6 Å². The van der Waals surface area contributed by atoms with Crippen molar-refractivity contribution in [1.82, 2.24) is 36.2 Å². The zero-order valence-electron chi connectivity index (χ0n) is 46.2. The fraction of sp³-hybridized carbons (Fsp3) is 0.685. The minimum atomic E-state index is -4.54. The summed E-state index contributed by atoms with van der Waals surface area (Å²) in [5.74, 6) is -0.320. The molecule has 2 aromatic rings. The Morgan fingerprint density at radius 1 is 0.895 bits per heavy atom. The number of alkyl carbamates (subject to hydrolysis) is 1. The summed E-state index contributed by atoms with van der Waals surface area (Å²) in [5, 5.41) is 13.8. The Balaban J connectivity index is 1.40. The maximum atomic E-state index is 15.2. The molecule has 3 aliphatic rings. The normalized spacial score (nSPS) is 19.2. The first-order valence-corrected chi connectivity index (χ1v) is 28.8. The molecule has 5 rings (SSSR count). The molecular formula is C54H81FN7O12PS. The highest BCUT2D eigenvalue weighted by atomic mass is 32.1. The van der Waals surface area contributed by atoms with Crippen molar-refractivity contribution < 1.29 is 61.0 Å². The number of hydrogen-bond acceptors (Lipinski definition) is 14. The Hall–Kier alpha value is -5.13. The highest BCUT2D eigenvalue weighted by molar-refractivity contribution is 7.51. The van der Waals surface area contributed by atoms with E-state index in [-0.39, 0.29) is 51.8 Å². The van der Waals surface area contributed by atoms with Crippen molar-refractivity contribution in [2.45, 2.75) is 206 Å². The molecule has 1 aromatic carbocycles. The Labute approximate surface area is 451 Å². The van der Waals surface area contributed by atoms with Gasteiger partial charge in [-0.3, -0.25) is 28.2 Å². The van der Waals surface area contributed by atoms with E-state index in [0.717, 1.165) is 35.4 Å². The van der Waals surface area contributed by atoms with Gasteiger partial charge in [-0.25, -0.2) is 28.6 Å². The standard InChI is InChI=1S/C54H81FN7O12PS/c1-13-14-15-16-19-28-70-41-30-37(42-35(2)58-34-76-42)21-22-38(41)32-57-44(63)40-31-39(33-62(40)45(64)43(50(4,5)6)60-47(66)53(55)23-24-53)74-75(69,71-29-20-17-18-27-56-49(68)73-52(10,11)12)61-54(25-26-54)48(67)59-36(3)46(65)72-51(7,8)9/h1,21-22,30,34,36,39-40,43H,14-20,23-29,31-33H2,2-12H3,(H,56,68)(H,57,63)(H,59,67)(H,60,66)(H,61,69)/t36-,39?,40-,43+,75?/m0/s1. The lowest BCUT2D eigenvalue weighted by Gasteiger charge is -2.35. The highest BCUT2D eigenvalue weighted by Crippen LogP contribution is 2.54. The van der Waals surface area contributed by atoms with E-state index in [9.17, 15) is 28.8 Å². The summed E-state index contributed by atoms with van der Waals surface area (Å²) in [6.45, 7) is 19.2. The van der Waals surface area contributed by atoms with E-state index in [1.165, 1.54) is 23.2 Å². The van der Waals surface area contributed by atoms with Crippen molar-refractivity contribution in [2.75, 3.05) is 26.3 Å². The van der Waals surface area contributed by atoms with E-state index in [1.54, 1.807) is 67.8 Å². The Kier molecular flexibility index (Phi) is 21.1. The molecular weight excluding hydrogens is 1020 g/mol. The number of esters is 1. The van der Waals surface area contributed by atoms with Gasteiger partial charge in [-0.05, 0) is 137 Å². The van der Waals surface area contributed by atoms with Crippen molar-refractivity contribution in [1.29, 1.82) is 0 Å². The number of likely N-dealkylation sites (tertiary alicyclic amines) is 1. The minimum Gasteiger partial charge on any atom is -0.493 e. The zero-order valence-corrected chi connectivity index (χ0v) is 48.0. The van der Waals surface area contributed by atoms with Crippen LogP contribution in [0.3, 0.4) is 0 Å². The Morgan fingerprint density at radius 3 is 2.17 bits per heavy atom. The zero-order chi connectivity index (χ0) is 56.3. The number of nitrogens with zero attached hydrogens (tertiary/aromatic N) is 2. The molecule has 0 bridgehead atoms. The maximum absolute atomic E-state index is 15.2. The van der Waals surface area contributed by atoms with Gasteiger partial charge in [-0.15, -0.1) is 23.7 Å². The molecule has 19 nitrogen and oxygen atoms in total. The number of carbonyl (C=O) groups is 6. The second kappa shape index (κ2) is 26.0. The predicted molar refractivity (Wildman–Crippen MR) is 287 cm³/mol. The number of nitrogens with one attached hydrogen (secondary N) is 5. The van der Waals surface area contributed by atoms with E-state index < -0.39 is 95.5 Å². The number of aromatic nitrogens is 1. The largest absolute Gasteiger partial charge is 0.493 e. The summed E-state index contributed by atoms with van der Waals surface area (Å²) in [6, 6.07) is 2.08. The van der Waals surface area contributed by atoms with E-state index >= 15 is 8.96 Å². The molecule has 1 saturated heterocycles. The molecule has 1 aliphatic heterocycles. The van der Waals surface area contributed by atoms with Crippen LogP contribution < -0.4 is 31.1 Å². The first kappa shape index (κ1) is 61.7. The first-order valence-electron chi connectivity index (χ1n) is 26.4. The average molecular weight is 1100 g/mol. The van der Waals surface area contributed by atoms with Crippen LogP contribution in [-0.4, -0.2) is 119 Å². The molecule has 22 heteroatoms. The van der Waals surface area contributed by atoms with Crippen LogP contribution in [0.4, 0.5) is 9.18 Å². The van der Waals surface area contributed by atoms with Crippen molar-refractivity contribution >= 4 is 54.8 Å². The number of hydrogen-bond donors (Lipinski definition) is 5. The highest BCUT2D eigenvalue weighted by Gasteiger charge is 2.57. The van der Waals surface area contributed by atoms with Crippen LogP contribution >= 0.6 is 19.1 Å². The molecule has 1 aromatic heterocycles. The van der Waals surface area contributed by atoms with E-state index in [0.29, 0.717) is 50.1 Å². The maximum Gasteiger partial charge on any atom is 0.407 e. The quantitative estimate of drug-likeness (QED) is 0.0246. The summed E-state index contributed by atoms with van der Waals surface area (Å²) < 4.78 is 59.9. The van der Waals surface area contributed by atoms with Crippen LogP contribution in [0, 0.1) is 24.7 Å². The van der Waals surface area contributed by atoms with Gasteiger partial charge in [0.15, 0.2) is 5.67 Å². The van der Waals surface area contributed by atoms with E-state index in [1.807, 2.05) is 25.1 Å². The number of rotatable bonds is 27. The number of aryl methyl sites for hydroxylation is 1. The molecule has 0 radical (unpaired) electrons. The summed E-state index contributed by atoms with van der Waals surface area (Å²) >= 11 is 1.49. The molecule has 5 N–H and O–H groups in total. The molecule has 2 unspecified atom stereocenters. The SMILES string of the molecule is C#CCCCCCOc1cc(-c2scnc2C)ccc1CNC(=O)[C@@H]1CC(OP(=O)(NC2(C(=O)N[C@@H](C)C(=O)OC(C)(C)C)CC2)OCCCCCNC(=O)OC(C)(C)C)CN1C(=O)[C@@H](NC(=O)C1(F)CC1)C(C)(C)C. The van der Waals surface area contributed by atoms with Crippen LogP contribution in [0.1, 0.15) is 158 Å². The lowest BCUT2D eigenvalue weighted by Crippen LogP contribution is -2.59. The molecule has 3 fully saturated rings. The second-order valence-corrected chi connectivity index (χ2v) is 25.7. The van der Waals surface area contributed by atoms with Gasteiger partial charge in [0.25, 0.3) is 5.91 Å². The topological polar surface area (TPSA) is 242 Å². The van der Waals surface area contributed by atoms with Gasteiger partial charge in [0.05, 0.1) is 35.4 Å². The number of carbonyl (C=O) groups excluding carboxylic acids is 6. The first-order chi connectivity index (χ1) is 35.5. The van der Waals surface area contributed by atoms with Gasteiger partial charge in [0, 0.05) is 38.0 Å². The third kappa shape index (κ3) is 18.5. The van der Waals surface area contributed by atoms with Crippen LogP contribution in [0.15, 0.2) is 23.7 Å². The molecule has 422 valence electrons. The molecule has 76 heavy (non-hydrogen) atoms. The predicted octanol–water partition coefficient (Wildman–Crippen LogP) is 8.11. The number of ether oxygens (including phenoxy) is 3. The van der Waals surface area contributed by atoms with Crippen molar-refractivity contribution in [2.24, 2.45) is 5.41 Å². The third-order valence-corrected chi connectivity index (χ3v) is 15.5. The number of thiazole rings is 1. The van der Waals surface area contributed by atoms with Crippen LogP contribution in [0.25, 0.3) is 10.4 Å². The summed E-state index contributed by atoms with van der Waals surface area (Å²) in [5.41, 5.74) is -1.87. The summed E-state index contributed by atoms with van der Waals surface area (Å²) in [6.07, 6.45) is 8.54. The number of alkyl halides is 1. The lowest BCUT2D eigenvalue weighted by molar-refractivity contribution is -0.158. The molecule has 2 aliphatic carbocycles.